The molecule has 0 fully saturated rings. The zero-order chi connectivity index (χ0) is 38.9. The Labute approximate surface area is 337 Å². The van der Waals surface area contributed by atoms with Crippen molar-refractivity contribution in [2.75, 3.05) is 0 Å². The van der Waals surface area contributed by atoms with Crippen LogP contribution in [0.1, 0.15) is 0 Å². The van der Waals surface area contributed by atoms with Crippen LogP contribution in [0.15, 0.2) is 197 Å². The van der Waals surface area contributed by atoms with Crippen molar-refractivity contribution in [1.29, 1.82) is 0 Å². The van der Waals surface area contributed by atoms with Gasteiger partial charge in [0.25, 0.3) is 0 Å². The maximum atomic E-state index is 6.50. The predicted octanol–water partition coefficient (Wildman–Crippen LogP) is 13.3. The van der Waals surface area contributed by atoms with Gasteiger partial charge in [0, 0.05) is 49.5 Å². The van der Waals surface area contributed by atoms with E-state index < -0.39 is 0 Å². The molecule has 0 atom stereocenters. The number of rotatable bonds is 6. The van der Waals surface area contributed by atoms with E-state index in [4.69, 9.17) is 28.8 Å². The Balaban J connectivity index is 1.06. The molecule has 8 aromatic carbocycles. The van der Waals surface area contributed by atoms with E-state index in [0.29, 0.717) is 28.9 Å². The highest BCUT2D eigenvalue weighted by molar-refractivity contribution is 6.11. The van der Waals surface area contributed by atoms with Crippen molar-refractivity contribution in [2.24, 2.45) is 0 Å². The molecule has 59 heavy (non-hydrogen) atoms. The molecular formula is C52H31N5O2. The van der Waals surface area contributed by atoms with Crippen LogP contribution in [0.4, 0.5) is 0 Å². The third kappa shape index (κ3) is 5.44. The van der Waals surface area contributed by atoms with Gasteiger partial charge in [-0.1, -0.05) is 115 Å². The first-order chi connectivity index (χ1) is 29.2. The summed E-state index contributed by atoms with van der Waals surface area (Å²) in [6.07, 6.45) is 0. The van der Waals surface area contributed by atoms with Crippen molar-refractivity contribution < 1.29 is 8.83 Å². The van der Waals surface area contributed by atoms with Crippen LogP contribution in [0.2, 0.25) is 0 Å². The fourth-order valence-electron chi connectivity index (χ4n) is 8.35. The summed E-state index contributed by atoms with van der Waals surface area (Å²) in [5.41, 5.74) is 11.7. The lowest BCUT2D eigenvalue weighted by Gasteiger charge is -2.11. The summed E-state index contributed by atoms with van der Waals surface area (Å²) in [5, 5.41) is 4.42. The molecule has 0 radical (unpaired) electrons. The van der Waals surface area contributed by atoms with Gasteiger partial charge in [-0.15, -0.1) is 0 Å². The van der Waals surface area contributed by atoms with E-state index in [1.165, 1.54) is 0 Å². The van der Waals surface area contributed by atoms with Crippen molar-refractivity contribution in [3.63, 3.8) is 0 Å². The smallest absolute Gasteiger partial charge is 0.227 e. The average Bonchev–Trinajstić information content (AvgIpc) is 4.02. The molecule has 0 saturated heterocycles. The molecule has 0 unspecified atom stereocenters. The lowest BCUT2D eigenvalue weighted by atomic mass is 10.00. The Kier molecular flexibility index (Phi) is 7.40. The van der Waals surface area contributed by atoms with Crippen molar-refractivity contribution in [3.05, 3.63) is 188 Å². The van der Waals surface area contributed by atoms with Crippen molar-refractivity contribution >= 4 is 54.8 Å². The van der Waals surface area contributed by atoms with Crippen LogP contribution in [-0.2, 0) is 0 Å². The molecule has 7 nitrogen and oxygen atoms in total. The topological polar surface area (TPSA) is 82.8 Å². The van der Waals surface area contributed by atoms with Gasteiger partial charge in [-0.05, 0) is 78.4 Å². The van der Waals surface area contributed by atoms with Gasteiger partial charge in [0.1, 0.15) is 16.7 Å². The van der Waals surface area contributed by atoms with Gasteiger partial charge < -0.3 is 13.4 Å². The van der Waals surface area contributed by atoms with Gasteiger partial charge in [0.2, 0.25) is 5.89 Å². The molecular weight excluding hydrogens is 727 g/mol. The number of hydrogen-bond donors (Lipinski definition) is 0. The van der Waals surface area contributed by atoms with Gasteiger partial charge in [-0.2, -0.15) is 0 Å². The summed E-state index contributed by atoms with van der Waals surface area (Å²) in [6, 6.07) is 64.1. The zero-order valence-corrected chi connectivity index (χ0v) is 31.5. The third-order valence-electron chi connectivity index (χ3n) is 11.1. The van der Waals surface area contributed by atoms with Crippen LogP contribution in [0.25, 0.3) is 117 Å². The van der Waals surface area contributed by atoms with Gasteiger partial charge in [0.15, 0.2) is 23.1 Å². The monoisotopic (exact) mass is 757 g/mol. The highest BCUT2D eigenvalue weighted by Gasteiger charge is 2.20. The molecule has 12 aromatic rings. The number of hydrogen-bond acceptors (Lipinski definition) is 6. The molecule has 0 bridgehead atoms. The minimum atomic E-state index is 0.489. The summed E-state index contributed by atoms with van der Waals surface area (Å²) in [5.74, 6) is 2.11. The van der Waals surface area contributed by atoms with E-state index in [1.54, 1.807) is 0 Å². The van der Waals surface area contributed by atoms with E-state index >= 15 is 0 Å². The fourth-order valence-corrected chi connectivity index (χ4v) is 8.35. The van der Waals surface area contributed by atoms with E-state index in [2.05, 4.69) is 108 Å². The van der Waals surface area contributed by atoms with Gasteiger partial charge >= 0.3 is 0 Å². The molecule has 0 aliphatic heterocycles. The van der Waals surface area contributed by atoms with Crippen LogP contribution < -0.4 is 0 Å². The molecule has 7 heteroatoms. The summed E-state index contributed by atoms with van der Waals surface area (Å²) >= 11 is 0. The van der Waals surface area contributed by atoms with Crippen LogP contribution in [0, 0.1) is 0 Å². The molecule has 0 spiro atoms. The Morgan fingerprint density at radius 1 is 0.356 bits per heavy atom. The molecule has 276 valence electrons. The Morgan fingerprint density at radius 2 is 0.983 bits per heavy atom. The van der Waals surface area contributed by atoms with Gasteiger partial charge in [-0.25, -0.2) is 19.9 Å². The summed E-state index contributed by atoms with van der Waals surface area (Å²) < 4.78 is 15.3. The number of furan rings is 1. The molecule has 4 heterocycles. The number of aromatic nitrogens is 5. The largest absolute Gasteiger partial charge is 0.455 e. The molecule has 4 aromatic heterocycles. The second kappa shape index (κ2) is 13.2. The first kappa shape index (κ1) is 33.0. The van der Waals surface area contributed by atoms with Crippen LogP contribution in [0.5, 0.6) is 0 Å². The lowest BCUT2D eigenvalue weighted by Crippen LogP contribution is -2.00. The molecule has 0 saturated carbocycles. The van der Waals surface area contributed by atoms with Crippen molar-refractivity contribution in [1.82, 2.24) is 24.5 Å². The second-order valence-corrected chi connectivity index (χ2v) is 14.6. The zero-order valence-electron chi connectivity index (χ0n) is 31.5. The second-order valence-electron chi connectivity index (χ2n) is 14.6. The maximum Gasteiger partial charge on any atom is 0.227 e. The number of fused-ring (bicyclic) bond motifs is 7. The van der Waals surface area contributed by atoms with E-state index in [1.807, 2.05) is 84.9 Å². The van der Waals surface area contributed by atoms with E-state index in [-0.39, 0.29) is 0 Å². The number of para-hydroxylation sites is 5. The maximum absolute atomic E-state index is 6.50. The Morgan fingerprint density at radius 3 is 1.85 bits per heavy atom. The van der Waals surface area contributed by atoms with Gasteiger partial charge in [-0.3, -0.25) is 0 Å². The molecule has 0 N–H and O–H groups in total. The fraction of sp³-hybridized carbons (Fsp3) is 0. The minimum absolute atomic E-state index is 0.489. The first-order valence-corrected chi connectivity index (χ1v) is 19.5. The standard InChI is InChI=1S/C52H31N5O2/c1-3-14-32(15-4-1)52-53-43-25-13-24-41(48(43)59-52)51-55-49(34-17-11-16-33(30-34)37-22-12-23-40-39-21-8-10-27-46(39)58-47(37)40)54-50(56-51)35-28-29-45-42(31-35)38-20-7-9-26-44(38)57(45)36-18-5-2-6-19-36/h1-31H. The first-order valence-electron chi connectivity index (χ1n) is 19.5. The molecule has 0 amide bonds. The van der Waals surface area contributed by atoms with Crippen LogP contribution >= 0.6 is 0 Å². The summed E-state index contributed by atoms with van der Waals surface area (Å²) in [6.45, 7) is 0. The third-order valence-corrected chi connectivity index (χ3v) is 11.1. The van der Waals surface area contributed by atoms with Crippen molar-refractivity contribution in [3.8, 4) is 62.4 Å². The van der Waals surface area contributed by atoms with Gasteiger partial charge in [0.05, 0.1) is 16.6 Å². The Bertz CT molecular complexity index is 3570. The number of oxazole rings is 1. The van der Waals surface area contributed by atoms with Crippen LogP contribution in [-0.4, -0.2) is 24.5 Å². The number of benzene rings is 8. The normalized spacial score (nSPS) is 11.7. The average molecular weight is 758 g/mol. The van der Waals surface area contributed by atoms with E-state index in [0.717, 1.165) is 88.3 Å². The molecule has 0 aliphatic rings. The molecule has 12 rings (SSSR count). The Hall–Kier alpha value is -8.16. The predicted molar refractivity (Wildman–Crippen MR) is 236 cm³/mol. The molecule has 0 aliphatic carbocycles. The highest BCUT2D eigenvalue weighted by atomic mass is 16.3. The SMILES string of the molecule is c1ccc(-c2nc3cccc(-c4nc(-c5cccc(-c6cccc7c6oc6ccccc67)c5)nc(-c5ccc6c(c5)c5ccccc5n6-c5ccccc5)n4)c3o2)cc1. The highest BCUT2D eigenvalue weighted by Crippen LogP contribution is 2.39. The quantitative estimate of drug-likeness (QED) is 0.168. The van der Waals surface area contributed by atoms with Crippen molar-refractivity contribution in [2.45, 2.75) is 0 Å². The summed E-state index contributed by atoms with van der Waals surface area (Å²) in [4.78, 5) is 20.5. The minimum Gasteiger partial charge on any atom is -0.455 e. The summed E-state index contributed by atoms with van der Waals surface area (Å²) in [7, 11) is 0. The van der Waals surface area contributed by atoms with E-state index in [9.17, 15) is 0 Å². The number of nitrogens with zero attached hydrogens (tertiary/aromatic N) is 5. The van der Waals surface area contributed by atoms with Crippen LogP contribution in [0.3, 0.4) is 0 Å². The lowest BCUT2D eigenvalue weighted by molar-refractivity contribution is 0.620.